The third-order valence-corrected chi connectivity index (χ3v) is 2.32. The highest BCUT2D eigenvalue weighted by Gasteiger charge is 2.01. The van der Waals surface area contributed by atoms with Crippen LogP contribution in [0.1, 0.15) is 6.92 Å². The highest BCUT2D eigenvalue weighted by Crippen LogP contribution is 2.14. The molecule has 17 heavy (non-hydrogen) atoms. The summed E-state index contributed by atoms with van der Waals surface area (Å²) in [5.74, 6) is 0.588. The largest absolute Gasteiger partial charge is 0.341 e. The van der Waals surface area contributed by atoms with Gasteiger partial charge in [-0.1, -0.05) is 18.2 Å². The first-order valence-corrected chi connectivity index (χ1v) is 5.10. The summed E-state index contributed by atoms with van der Waals surface area (Å²) in [5, 5.41) is 14.2. The number of anilines is 1. The van der Waals surface area contributed by atoms with Crippen molar-refractivity contribution in [2.24, 2.45) is 0 Å². The maximum absolute atomic E-state index is 10.4. The van der Waals surface area contributed by atoms with Crippen LogP contribution in [0.2, 0.25) is 0 Å². The lowest BCUT2D eigenvalue weighted by molar-refractivity contribution is -0.424. The van der Waals surface area contributed by atoms with Crippen molar-refractivity contribution in [3.63, 3.8) is 0 Å². The van der Waals surface area contributed by atoms with Crippen molar-refractivity contribution in [3.8, 4) is 0 Å². The predicted molar refractivity (Wildman–Crippen MR) is 66.1 cm³/mol. The topological polar surface area (TPSA) is 68.1 Å². The maximum atomic E-state index is 10.4. The van der Waals surface area contributed by atoms with Crippen molar-refractivity contribution in [1.29, 1.82) is 0 Å². The van der Waals surface area contributed by atoms with Crippen molar-refractivity contribution in [1.82, 2.24) is 4.98 Å². The maximum Gasteiger partial charge on any atom is 0.259 e. The minimum atomic E-state index is -0.450. The lowest BCUT2D eigenvalue weighted by atomic mass is 10.2. The van der Waals surface area contributed by atoms with Crippen LogP contribution in [-0.2, 0) is 0 Å². The second-order valence-electron chi connectivity index (χ2n) is 3.58. The second-order valence-corrected chi connectivity index (χ2v) is 3.58. The van der Waals surface area contributed by atoms with E-state index in [0.717, 1.165) is 10.9 Å². The predicted octanol–water partition coefficient (Wildman–Crippen LogP) is 2.78. The number of nitro groups is 1. The summed E-state index contributed by atoms with van der Waals surface area (Å²) in [5.41, 5.74) is 0.893. The molecular formula is C12H11N3O2. The number of benzene rings is 1. The van der Waals surface area contributed by atoms with Gasteiger partial charge in [0, 0.05) is 12.3 Å². The third-order valence-electron chi connectivity index (χ3n) is 2.32. The standard InChI is InChI=1S/C12H11N3O2/c1-9(15(16)17)8-13-12-7-6-10-4-2-3-5-11(10)14-12/h2-8H,1H3,(H,13,14)/b9-8+. The van der Waals surface area contributed by atoms with Gasteiger partial charge in [0.1, 0.15) is 5.82 Å². The van der Waals surface area contributed by atoms with Crippen LogP contribution in [0.25, 0.3) is 10.9 Å². The van der Waals surface area contributed by atoms with Crippen LogP contribution in [0.4, 0.5) is 5.82 Å². The average molecular weight is 229 g/mol. The molecule has 2 aromatic rings. The van der Waals surface area contributed by atoms with Crippen molar-refractivity contribution in [2.45, 2.75) is 6.92 Å². The molecule has 0 radical (unpaired) electrons. The van der Waals surface area contributed by atoms with Gasteiger partial charge in [-0.25, -0.2) is 4.98 Å². The first-order chi connectivity index (χ1) is 8.16. The van der Waals surface area contributed by atoms with Crippen LogP contribution >= 0.6 is 0 Å². The van der Waals surface area contributed by atoms with Crippen molar-refractivity contribution in [3.05, 3.63) is 58.4 Å². The number of hydrogen-bond donors (Lipinski definition) is 1. The van der Waals surface area contributed by atoms with E-state index in [1.807, 2.05) is 30.3 Å². The van der Waals surface area contributed by atoms with Gasteiger partial charge in [-0.05, 0) is 18.2 Å². The van der Waals surface area contributed by atoms with Crippen molar-refractivity contribution in [2.75, 3.05) is 5.32 Å². The molecule has 5 heteroatoms. The van der Waals surface area contributed by atoms with Crippen LogP contribution in [0, 0.1) is 10.1 Å². The molecule has 0 aliphatic rings. The molecule has 0 aliphatic heterocycles. The molecule has 5 nitrogen and oxygen atoms in total. The second kappa shape index (κ2) is 4.61. The highest BCUT2D eigenvalue weighted by atomic mass is 16.6. The minimum Gasteiger partial charge on any atom is -0.341 e. The van der Waals surface area contributed by atoms with E-state index in [-0.39, 0.29) is 5.70 Å². The van der Waals surface area contributed by atoms with E-state index in [1.54, 1.807) is 6.07 Å². The molecule has 0 amide bonds. The summed E-state index contributed by atoms with van der Waals surface area (Å²) in [6.07, 6.45) is 1.33. The number of nitrogens with zero attached hydrogens (tertiary/aromatic N) is 2. The Morgan fingerprint density at radius 1 is 1.35 bits per heavy atom. The molecule has 0 spiro atoms. The Kier molecular flexibility index (Phi) is 3.00. The Bertz CT molecular complexity index is 593. The first kappa shape index (κ1) is 11.1. The molecule has 0 fully saturated rings. The van der Waals surface area contributed by atoms with E-state index in [0.29, 0.717) is 5.82 Å². The summed E-state index contributed by atoms with van der Waals surface area (Å²) in [4.78, 5) is 14.3. The quantitative estimate of drug-likeness (QED) is 0.649. The SMILES string of the molecule is C/C(=C\Nc1ccc2ccccc2n1)[N+](=O)[O-]. The van der Waals surface area contributed by atoms with E-state index in [1.165, 1.54) is 13.1 Å². The van der Waals surface area contributed by atoms with Crippen LogP contribution in [0.15, 0.2) is 48.3 Å². The minimum absolute atomic E-state index is 0.0416. The van der Waals surface area contributed by atoms with Crippen LogP contribution in [-0.4, -0.2) is 9.91 Å². The molecule has 1 heterocycles. The number of allylic oxidation sites excluding steroid dienone is 1. The van der Waals surface area contributed by atoms with E-state index in [9.17, 15) is 10.1 Å². The monoisotopic (exact) mass is 229 g/mol. The summed E-state index contributed by atoms with van der Waals surface area (Å²) in [6.45, 7) is 1.42. The number of fused-ring (bicyclic) bond motifs is 1. The van der Waals surface area contributed by atoms with E-state index in [2.05, 4.69) is 10.3 Å². The zero-order chi connectivity index (χ0) is 12.3. The Morgan fingerprint density at radius 2 is 2.12 bits per heavy atom. The Balaban J connectivity index is 2.25. The lowest BCUT2D eigenvalue weighted by Gasteiger charge is -2.01. The number of aromatic nitrogens is 1. The fraction of sp³-hybridized carbons (Fsp3) is 0.0833. The van der Waals surface area contributed by atoms with Crippen LogP contribution in [0.5, 0.6) is 0 Å². The van der Waals surface area contributed by atoms with E-state index < -0.39 is 4.92 Å². The number of rotatable bonds is 3. The molecule has 0 unspecified atom stereocenters. The number of hydrogen-bond acceptors (Lipinski definition) is 4. The zero-order valence-electron chi connectivity index (χ0n) is 9.25. The number of pyridine rings is 1. The van der Waals surface area contributed by atoms with Gasteiger partial charge in [0.2, 0.25) is 0 Å². The zero-order valence-corrected chi connectivity index (χ0v) is 9.25. The van der Waals surface area contributed by atoms with Gasteiger partial charge in [-0.3, -0.25) is 10.1 Å². The summed E-state index contributed by atoms with van der Waals surface area (Å²) >= 11 is 0. The van der Waals surface area contributed by atoms with Gasteiger partial charge in [0.25, 0.3) is 5.70 Å². The lowest BCUT2D eigenvalue weighted by Crippen LogP contribution is -1.99. The average Bonchev–Trinajstić information content (AvgIpc) is 2.35. The fourth-order valence-corrected chi connectivity index (χ4v) is 1.38. The van der Waals surface area contributed by atoms with Gasteiger partial charge in [0.15, 0.2) is 0 Å². The molecule has 0 atom stereocenters. The molecule has 1 N–H and O–H groups in total. The van der Waals surface area contributed by atoms with Crippen LogP contribution in [0.3, 0.4) is 0 Å². The van der Waals surface area contributed by atoms with Gasteiger partial charge in [0.05, 0.1) is 16.6 Å². The van der Waals surface area contributed by atoms with Gasteiger partial charge in [-0.15, -0.1) is 0 Å². The molecule has 0 aliphatic carbocycles. The fourth-order valence-electron chi connectivity index (χ4n) is 1.38. The molecule has 0 saturated carbocycles. The molecule has 86 valence electrons. The van der Waals surface area contributed by atoms with Crippen molar-refractivity contribution >= 4 is 16.7 Å². The Hall–Kier alpha value is -2.43. The summed E-state index contributed by atoms with van der Waals surface area (Å²) in [7, 11) is 0. The molecule has 1 aromatic carbocycles. The van der Waals surface area contributed by atoms with E-state index >= 15 is 0 Å². The van der Waals surface area contributed by atoms with Gasteiger partial charge >= 0.3 is 0 Å². The molecule has 0 saturated heterocycles. The molecule has 2 rings (SSSR count). The molecular weight excluding hydrogens is 218 g/mol. The van der Waals surface area contributed by atoms with Crippen molar-refractivity contribution < 1.29 is 4.92 Å². The highest BCUT2D eigenvalue weighted by molar-refractivity contribution is 5.80. The summed E-state index contributed by atoms with van der Waals surface area (Å²) < 4.78 is 0. The van der Waals surface area contributed by atoms with Gasteiger partial charge < -0.3 is 5.32 Å². The van der Waals surface area contributed by atoms with Crippen LogP contribution < -0.4 is 5.32 Å². The molecule has 1 aromatic heterocycles. The third kappa shape index (κ3) is 2.57. The summed E-state index contributed by atoms with van der Waals surface area (Å²) in [6, 6.07) is 11.4. The Labute approximate surface area is 97.9 Å². The number of nitrogens with one attached hydrogen (secondary N) is 1. The normalized spacial score (nSPS) is 11.5. The first-order valence-electron chi connectivity index (χ1n) is 5.10. The van der Waals surface area contributed by atoms with Gasteiger partial charge in [-0.2, -0.15) is 0 Å². The smallest absolute Gasteiger partial charge is 0.259 e. The Morgan fingerprint density at radius 3 is 2.88 bits per heavy atom. The number of para-hydroxylation sites is 1. The molecule has 0 bridgehead atoms. The van der Waals surface area contributed by atoms with E-state index in [4.69, 9.17) is 0 Å².